The first-order valence-corrected chi connectivity index (χ1v) is 10.6. The van der Waals surface area contributed by atoms with Crippen molar-refractivity contribution in [2.45, 2.75) is 39.3 Å². The quantitative estimate of drug-likeness (QED) is 0.772. The summed E-state index contributed by atoms with van der Waals surface area (Å²) >= 11 is 0. The summed E-state index contributed by atoms with van der Waals surface area (Å²) in [6.07, 6.45) is 2.80. The Hall–Kier alpha value is -2.27. The number of hydrogen-bond acceptors (Lipinski definition) is 3. The number of carbonyl (C=O) groups excluding carboxylic acids is 1. The van der Waals surface area contributed by atoms with Crippen molar-refractivity contribution in [3.05, 3.63) is 53.3 Å². The summed E-state index contributed by atoms with van der Waals surface area (Å²) in [5.41, 5.74) is 5.42. The molecule has 0 saturated carbocycles. The molecule has 1 amide bonds. The van der Waals surface area contributed by atoms with Crippen LogP contribution in [0.25, 0.3) is 0 Å². The highest BCUT2D eigenvalue weighted by Gasteiger charge is 2.23. The zero-order chi connectivity index (χ0) is 19.5. The number of aromatic nitrogens is 1. The van der Waals surface area contributed by atoms with Crippen molar-refractivity contribution in [2.75, 3.05) is 37.6 Å². The Kier molecular flexibility index (Phi) is 5.72. The van der Waals surface area contributed by atoms with E-state index in [0.29, 0.717) is 12.3 Å². The highest BCUT2D eigenvalue weighted by atomic mass is 16.2. The molecule has 5 nitrogen and oxygen atoms in total. The van der Waals surface area contributed by atoms with Crippen molar-refractivity contribution < 1.29 is 4.79 Å². The summed E-state index contributed by atoms with van der Waals surface area (Å²) in [6, 6.07) is 13.2. The van der Waals surface area contributed by atoms with Crippen LogP contribution < -0.4 is 4.90 Å². The number of likely N-dealkylation sites (tertiary alicyclic amines) is 1. The standard InChI is InChI=1S/C23H32N4O/c1-3-19-7-4-5-8-22(19)26-15-13-25(14-16-26)17-20-10-11-21(24(20)2)18-27-12-6-9-23(27)28/h4-5,7-8,10-11H,3,6,9,12-18H2,1-2H3. The van der Waals surface area contributed by atoms with Gasteiger partial charge >= 0.3 is 0 Å². The van der Waals surface area contributed by atoms with E-state index in [4.69, 9.17) is 0 Å². The van der Waals surface area contributed by atoms with Gasteiger partial charge in [-0.1, -0.05) is 25.1 Å². The summed E-state index contributed by atoms with van der Waals surface area (Å²) in [4.78, 5) is 19.0. The van der Waals surface area contributed by atoms with Crippen molar-refractivity contribution >= 4 is 11.6 Å². The second-order valence-electron chi connectivity index (χ2n) is 8.04. The van der Waals surface area contributed by atoms with Crippen LogP contribution in [0.1, 0.15) is 36.7 Å². The number of carbonyl (C=O) groups is 1. The van der Waals surface area contributed by atoms with Gasteiger partial charge in [-0.2, -0.15) is 0 Å². The zero-order valence-electron chi connectivity index (χ0n) is 17.2. The molecule has 0 radical (unpaired) electrons. The van der Waals surface area contributed by atoms with E-state index in [0.717, 1.165) is 58.7 Å². The third-order valence-electron chi connectivity index (χ3n) is 6.33. The van der Waals surface area contributed by atoms with Gasteiger partial charge in [0.05, 0.1) is 6.54 Å². The van der Waals surface area contributed by atoms with Gasteiger partial charge in [0.2, 0.25) is 5.91 Å². The summed E-state index contributed by atoms with van der Waals surface area (Å²) < 4.78 is 2.28. The van der Waals surface area contributed by atoms with Gasteiger partial charge in [-0.05, 0) is 36.6 Å². The van der Waals surface area contributed by atoms with Crippen LogP contribution in [0.3, 0.4) is 0 Å². The molecule has 4 rings (SSSR count). The number of nitrogens with zero attached hydrogens (tertiary/aromatic N) is 4. The van der Waals surface area contributed by atoms with E-state index in [1.54, 1.807) is 0 Å². The van der Waals surface area contributed by atoms with Crippen molar-refractivity contribution in [3.8, 4) is 0 Å². The van der Waals surface area contributed by atoms with Crippen LogP contribution in [0.15, 0.2) is 36.4 Å². The van der Waals surface area contributed by atoms with Crippen molar-refractivity contribution in [1.82, 2.24) is 14.4 Å². The van der Waals surface area contributed by atoms with Crippen LogP contribution in [0, 0.1) is 0 Å². The maximum atomic E-state index is 11.9. The van der Waals surface area contributed by atoms with E-state index >= 15 is 0 Å². The molecule has 2 aliphatic heterocycles. The fourth-order valence-electron chi connectivity index (χ4n) is 4.48. The van der Waals surface area contributed by atoms with E-state index in [1.807, 2.05) is 4.90 Å². The number of anilines is 1. The van der Waals surface area contributed by atoms with Gasteiger partial charge in [-0.25, -0.2) is 0 Å². The molecule has 0 aliphatic carbocycles. The lowest BCUT2D eigenvalue weighted by molar-refractivity contribution is -0.128. The second-order valence-corrected chi connectivity index (χ2v) is 8.04. The molecule has 2 aliphatic rings. The van der Waals surface area contributed by atoms with Crippen LogP contribution >= 0.6 is 0 Å². The third-order valence-corrected chi connectivity index (χ3v) is 6.33. The van der Waals surface area contributed by atoms with Crippen molar-refractivity contribution in [2.24, 2.45) is 7.05 Å². The van der Waals surface area contributed by atoms with Gasteiger partial charge in [0.15, 0.2) is 0 Å². The van der Waals surface area contributed by atoms with E-state index in [2.05, 4.69) is 64.7 Å². The van der Waals surface area contributed by atoms with Gasteiger partial charge in [-0.3, -0.25) is 9.69 Å². The highest BCUT2D eigenvalue weighted by Crippen LogP contribution is 2.23. The number of benzene rings is 1. The van der Waals surface area contributed by atoms with Crippen molar-refractivity contribution in [3.63, 3.8) is 0 Å². The number of aryl methyl sites for hydroxylation is 1. The number of hydrogen-bond donors (Lipinski definition) is 0. The molecule has 0 N–H and O–H groups in total. The molecule has 5 heteroatoms. The molecule has 0 atom stereocenters. The predicted molar refractivity (Wildman–Crippen MR) is 113 cm³/mol. The Bertz CT molecular complexity index is 820. The topological polar surface area (TPSA) is 31.7 Å². The molecule has 0 spiro atoms. The molecule has 28 heavy (non-hydrogen) atoms. The Morgan fingerprint density at radius 1 is 0.893 bits per heavy atom. The van der Waals surface area contributed by atoms with Gasteiger partial charge in [0, 0.05) is 69.8 Å². The fraction of sp³-hybridized carbons (Fsp3) is 0.522. The number of para-hydroxylation sites is 1. The molecule has 2 aromatic rings. The molecule has 2 fully saturated rings. The Balaban J connectivity index is 1.34. The lowest BCUT2D eigenvalue weighted by Gasteiger charge is -2.37. The van der Waals surface area contributed by atoms with Gasteiger partial charge in [-0.15, -0.1) is 0 Å². The number of rotatable bonds is 6. The summed E-state index contributed by atoms with van der Waals surface area (Å²) in [6.45, 7) is 9.20. The maximum absolute atomic E-state index is 11.9. The molecule has 3 heterocycles. The molecule has 2 saturated heterocycles. The Labute approximate surface area is 168 Å². The summed E-state index contributed by atoms with van der Waals surface area (Å²) in [5, 5.41) is 0. The lowest BCUT2D eigenvalue weighted by Crippen LogP contribution is -2.46. The van der Waals surface area contributed by atoms with Crippen LogP contribution in [0.5, 0.6) is 0 Å². The minimum absolute atomic E-state index is 0.297. The van der Waals surface area contributed by atoms with Gasteiger partial charge in [0.25, 0.3) is 0 Å². The summed E-state index contributed by atoms with van der Waals surface area (Å²) in [7, 11) is 2.14. The SMILES string of the molecule is CCc1ccccc1N1CCN(Cc2ccc(CN3CCCC3=O)n2C)CC1. The molecule has 0 unspecified atom stereocenters. The molecule has 0 bridgehead atoms. The first kappa shape index (κ1) is 19.1. The molecular weight excluding hydrogens is 348 g/mol. The third kappa shape index (κ3) is 3.95. The first-order chi connectivity index (χ1) is 13.7. The first-order valence-electron chi connectivity index (χ1n) is 10.6. The molecule has 1 aromatic heterocycles. The van der Waals surface area contributed by atoms with Gasteiger partial charge < -0.3 is 14.4 Å². The maximum Gasteiger partial charge on any atom is 0.222 e. The van der Waals surface area contributed by atoms with E-state index in [9.17, 15) is 4.79 Å². The second kappa shape index (κ2) is 8.39. The normalized spacial score (nSPS) is 18.3. The zero-order valence-corrected chi connectivity index (χ0v) is 17.2. The van der Waals surface area contributed by atoms with E-state index < -0.39 is 0 Å². The van der Waals surface area contributed by atoms with Gasteiger partial charge in [0.1, 0.15) is 0 Å². The van der Waals surface area contributed by atoms with Crippen molar-refractivity contribution in [1.29, 1.82) is 0 Å². The van der Waals surface area contributed by atoms with E-state index in [-0.39, 0.29) is 0 Å². The molecule has 1 aromatic carbocycles. The number of piperazine rings is 1. The van der Waals surface area contributed by atoms with E-state index in [1.165, 1.54) is 22.6 Å². The summed E-state index contributed by atoms with van der Waals surface area (Å²) in [5.74, 6) is 0.297. The van der Waals surface area contributed by atoms with Crippen LogP contribution in [-0.4, -0.2) is 53.0 Å². The molecular formula is C23H32N4O. The lowest BCUT2D eigenvalue weighted by atomic mass is 10.1. The van der Waals surface area contributed by atoms with Crippen LogP contribution in [-0.2, 0) is 31.4 Å². The average molecular weight is 381 g/mol. The number of amides is 1. The largest absolute Gasteiger partial charge is 0.369 e. The van der Waals surface area contributed by atoms with Crippen LogP contribution in [0.4, 0.5) is 5.69 Å². The Morgan fingerprint density at radius 2 is 1.61 bits per heavy atom. The Morgan fingerprint density at radius 3 is 2.29 bits per heavy atom. The van der Waals surface area contributed by atoms with Crippen LogP contribution in [0.2, 0.25) is 0 Å². The fourth-order valence-corrected chi connectivity index (χ4v) is 4.48. The smallest absolute Gasteiger partial charge is 0.222 e. The average Bonchev–Trinajstić information content (AvgIpc) is 3.29. The minimum atomic E-state index is 0.297. The monoisotopic (exact) mass is 380 g/mol. The molecule has 150 valence electrons. The highest BCUT2D eigenvalue weighted by molar-refractivity contribution is 5.78. The minimum Gasteiger partial charge on any atom is -0.369 e. The predicted octanol–water partition coefficient (Wildman–Crippen LogP) is 3.03.